The lowest BCUT2D eigenvalue weighted by Crippen LogP contribution is -2.28. The molecule has 0 unspecified atom stereocenters. The molecule has 120 valence electrons. The van der Waals surface area contributed by atoms with Crippen molar-refractivity contribution in [3.63, 3.8) is 0 Å². The van der Waals surface area contributed by atoms with Crippen LogP contribution in [0.1, 0.15) is 5.56 Å². The van der Waals surface area contributed by atoms with Crippen molar-refractivity contribution in [3.05, 3.63) is 65.8 Å². The summed E-state index contributed by atoms with van der Waals surface area (Å²) in [5.41, 5.74) is 1.97. The first-order chi connectivity index (χ1) is 11.8. The summed E-state index contributed by atoms with van der Waals surface area (Å²) in [6.45, 7) is 0.466. The van der Waals surface area contributed by atoms with E-state index < -0.39 is 0 Å². The maximum absolute atomic E-state index is 12.1. The molecule has 0 bridgehead atoms. The number of hydrogen-bond acceptors (Lipinski definition) is 4. The van der Waals surface area contributed by atoms with E-state index in [1.54, 1.807) is 11.3 Å². The Labute approximate surface area is 146 Å². The number of nitrogens with zero attached hydrogens (tertiary/aromatic N) is 2. The summed E-state index contributed by atoms with van der Waals surface area (Å²) >= 11 is 3.11. The molecule has 0 saturated carbocycles. The number of aromatic nitrogens is 2. The molecule has 0 fully saturated rings. The molecule has 0 atom stereocenters. The Bertz CT molecular complexity index is 938. The van der Waals surface area contributed by atoms with Gasteiger partial charge < -0.3 is 9.88 Å². The lowest BCUT2D eigenvalue weighted by atomic mass is 10.3. The van der Waals surface area contributed by atoms with Crippen molar-refractivity contribution in [2.75, 3.05) is 5.32 Å². The molecule has 2 amide bonds. The highest BCUT2D eigenvalue weighted by Gasteiger charge is 2.10. The zero-order valence-electron chi connectivity index (χ0n) is 12.6. The molecule has 7 heteroatoms. The third-order valence-electron chi connectivity index (χ3n) is 3.52. The zero-order chi connectivity index (χ0) is 16.4. The fourth-order valence-corrected chi connectivity index (χ4v) is 4.16. The van der Waals surface area contributed by atoms with E-state index in [1.807, 2.05) is 64.8 Å². The van der Waals surface area contributed by atoms with Crippen molar-refractivity contribution in [1.29, 1.82) is 0 Å². The molecule has 24 heavy (non-hydrogen) atoms. The molecule has 3 heterocycles. The Morgan fingerprint density at radius 1 is 1.12 bits per heavy atom. The van der Waals surface area contributed by atoms with Crippen LogP contribution in [-0.4, -0.2) is 15.6 Å². The van der Waals surface area contributed by atoms with Crippen LogP contribution in [0.15, 0.2) is 60.2 Å². The number of amides is 2. The first-order valence-electron chi connectivity index (χ1n) is 7.40. The monoisotopic (exact) mass is 354 g/mol. The fourth-order valence-electron chi connectivity index (χ4n) is 2.40. The van der Waals surface area contributed by atoms with Gasteiger partial charge in [0.15, 0.2) is 5.13 Å². The molecule has 5 nitrogen and oxygen atoms in total. The van der Waals surface area contributed by atoms with Crippen LogP contribution in [0.4, 0.5) is 9.93 Å². The summed E-state index contributed by atoms with van der Waals surface area (Å²) in [5.74, 6) is 0. The van der Waals surface area contributed by atoms with E-state index in [-0.39, 0.29) is 6.03 Å². The Kier molecular flexibility index (Phi) is 4.02. The SMILES string of the molecule is O=C(NCc1ccsc1-n1cccc1)Nc1nc2ccccc2s1. The average Bonchev–Trinajstić information content (AvgIpc) is 3.31. The van der Waals surface area contributed by atoms with Gasteiger partial charge in [0.05, 0.1) is 10.2 Å². The van der Waals surface area contributed by atoms with Crippen LogP contribution in [0.3, 0.4) is 0 Å². The predicted octanol–water partition coefficient (Wildman–Crippen LogP) is 4.47. The number of thiophene rings is 1. The van der Waals surface area contributed by atoms with Crippen LogP contribution in [0, 0.1) is 0 Å². The summed E-state index contributed by atoms with van der Waals surface area (Å²) < 4.78 is 3.10. The minimum atomic E-state index is -0.251. The zero-order valence-corrected chi connectivity index (χ0v) is 14.2. The first-order valence-corrected chi connectivity index (χ1v) is 9.09. The highest BCUT2D eigenvalue weighted by molar-refractivity contribution is 7.22. The van der Waals surface area contributed by atoms with Crippen molar-refractivity contribution in [3.8, 4) is 5.00 Å². The quantitative estimate of drug-likeness (QED) is 0.568. The molecule has 1 aromatic carbocycles. The normalized spacial score (nSPS) is 10.8. The van der Waals surface area contributed by atoms with E-state index in [2.05, 4.69) is 15.6 Å². The first kappa shape index (κ1) is 14.9. The summed E-state index contributed by atoms with van der Waals surface area (Å²) in [4.78, 5) is 16.5. The predicted molar refractivity (Wildman–Crippen MR) is 99.1 cm³/mol. The molecule has 0 aliphatic carbocycles. The number of carbonyl (C=O) groups is 1. The van der Waals surface area contributed by atoms with Gasteiger partial charge in [-0.2, -0.15) is 0 Å². The number of carbonyl (C=O) groups excluding carboxylic acids is 1. The molecular weight excluding hydrogens is 340 g/mol. The lowest BCUT2D eigenvalue weighted by Gasteiger charge is -2.07. The van der Waals surface area contributed by atoms with Crippen LogP contribution in [-0.2, 0) is 6.54 Å². The number of urea groups is 1. The molecule has 3 aromatic heterocycles. The van der Waals surface area contributed by atoms with Gasteiger partial charge in [0.25, 0.3) is 0 Å². The third-order valence-corrected chi connectivity index (χ3v) is 5.44. The molecule has 4 aromatic rings. The standard InChI is InChI=1S/C17H14N4OS2/c22-16(20-17-19-13-5-1-2-6-14(13)24-17)18-11-12-7-10-23-15(12)21-8-3-4-9-21/h1-10H,11H2,(H2,18,19,20,22). The second-order valence-electron chi connectivity index (χ2n) is 5.14. The number of thiazole rings is 1. The van der Waals surface area contributed by atoms with Gasteiger partial charge in [0.1, 0.15) is 5.00 Å². The second-order valence-corrected chi connectivity index (χ2v) is 7.06. The van der Waals surface area contributed by atoms with E-state index in [0.29, 0.717) is 11.7 Å². The van der Waals surface area contributed by atoms with Crippen molar-refractivity contribution < 1.29 is 4.79 Å². The van der Waals surface area contributed by atoms with Crippen molar-refractivity contribution >= 4 is 44.1 Å². The summed E-state index contributed by atoms with van der Waals surface area (Å²) in [7, 11) is 0. The number of anilines is 1. The average molecular weight is 354 g/mol. The van der Waals surface area contributed by atoms with Gasteiger partial charge in [-0.25, -0.2) is 9.78 Å². The highest BCUT2D eigenvalue weighted by Crippen LogP contribution is 2.25. The Hall–Kier alpha value is -2.64. The molecule has 0 aliphatic heterocycles. The Balaban J connectivity index is 1.41. The van der Waals surface area contributed by atoms with E-state index in [4.69, 9.17) is 0 Å². The summed E-state index contributed by atoms with van der Waals surface area (Å²) in [6, 6.07) is 13.6. The van der Waals surface area contributed by atoms with Crippen molar-refractivity contribution in [2.24, 2.45) is 0 Å². The molecule has 4 rings (SSSR count). The molecule has 0 aliphatic rings. The van der Waals surface area contributed by atoms with Crippen LogP contribution in [0.2, 0.25) is 0 Å². The topological polar surface area (TPSA) is 59.0 Å². The van der Waals surface area contributed by atoms with Gasteiger partial charge >= 0.3 is 6.03 Å². The minimum Gasteiger partial charge on any atom is -0.334 e. The Morgan fingerprint density at radius 3 is 2.79 bits per heavy atom. The van der Waals surface area contributed by atoms with Gasteiger partial charge in [-0.05, 0) is 35.7 Å². The maximum atomic E-state index is 12.1. The molecule has 0 radical (unpaired) electrons. The van der Waals surface area contributed by atoms with Crippen molar-refractivity contribution in [1.82, 2.24) is 14.9 Å². The number of nitrogens with one attached hydrogen (secondary N) is 2. The second kappa shape index (κ2) is 6.46. The van der Waals surface area contributed by atoms with Crippen molar-refractivity contribution in [2.45, 2.75) is 6.54 Å². The van der Waals surface area contributed by atoms with Gasteiger partial charge in [-0.15, -0.1) is 11.3 Å². The van der Waals surface area contributed by atoms with Crippen LogP contribution >= 0.6 is 22.7 Å². The number of hydrogen-bond donors (Lipinski definition) is 2. The molecule has 0 saturated heterocycles. The van der Waals surface area contributed by atoms with E-state index in [9.17, 15) is 4.79 Å². The third kappa shape index (κ3) is 3.04. The maximum Gasteiger partial charge on any atom is 0.321 e. The van der Waals surface area contributed by atoms with E-state index in [1.165, 1.54) is 11.3 Å². The summed E-state index contributed by atoms with van der Waals surface area (Å²) in [5, 5.41) is 9.43. The molecule has 0 spiro atoms. The number of rotatable bonds is 4. The minimum absolute atomic E-state index is 0.251. The van der Waals surface area contributed by atoms with E-state index >= 15 is 0 Å². The highest BCUT2D eigenvalue weighted by atomic mass is 32.1. The van der Waals surface area contributed by atoms with Crippen LogP contribution < -0.4 is 10.6 Å². The number of fused-ring (bicyclic) bond motifs is 1. The van der Waals surface area contributed by atoms with Crippen LogP contribution in [0.5, 0.6) is 0 Å². The fraction of sp³-hybridized carbons (Fsp3) is 0.0588. The lowest BCUT2D eigenvalue weighted by molar-refractivity contribution is 0.252. The molecule has 2 N–H and O–H groups in total. The Morgan fingerprint density at radius 2 is 1.96 bits per heavy atom. The van der Waals surface area contributed by atoms with E-state index in [0.717, 1.165) is 20.8 Å². The van der Waals surface area contributed by atoms with Gasteiger partial charge in [-0.3, -0.25) is 5.32 Å². The van der Waals surface area contributed by atoms with Gasteiger partial charge in [-0.1, -0.05) is 23.5 Å². The summed E-state index contributed by atoms with van der Waals surface area (Å²) in [6.07, 6.45) is 3.99. The van der Waals surface area contributed by atoms with Crippen LogP contribution in [0.25, 0.3) is 15.2 Å². The van der Waals surface area contributed by atoms with Gasteiger partial charge in [0, 0.05) is 24.5 Å². The number of benzene rings is 1. The number of para-hydroxylation sites is 1. The molecular formula is C17H14N4OS2. The van der Waals surface area contributed by atoms with Gasteiger partial charge in [0.2, 0.25) is 0 Å². The smallest absolute Gasteiger partial charge is 0.321 e. The largest absolute Gasteiger partial charge is 0.334 e.